The highest BCUT2D eigenvalue weighted by Gasteiger charge is 2.28. The van der Waals surface area contributed by atoms with Gasteiger partial charge in [0.2, 0.25) is 10.0 Å². The first-order valence-electron chi connectivity index (χ1n) is 13.8. The highest BCUT2D eigenvalue weighted by atomic mass is 32.2. The molecule has 10 heteroatoms. The van der Waals surface area contributed by atoms with Crippen LogP contribution in [0.3, 0.4) is 0 Å². The van der Waals surface area contributed by atoms with Crippen molar-refractivity contribution in [1.82, 2.24) is 29.1 Å². The van der Waals surface area contributed by atoms with Crippen LogP contribution >= 0.6 is 0 Å². The van der Waals surface area contributed by atoms with E-state index in [2.05, 4.69) is 50.9 Å². The molecule has 0 saturated carbocycles. The standard InChI is InChI=1S/C30H35N7O2S/c1-21-12-24(26-15-31-19-32-16-26)14-28-29(21)33-20-34-30(28)37-11-8-23-4-5-27(13-25(23)18-37)40(38,39)36(3)17-22-6-9-35(2)10-7-22/h4-5,12-16,19-20,22H,6-11,17-18H2,1-3H3. The van der Waals surface area contributed by atoms with E-state index in [0.717, 1.165) is 77.9 Å². The Balaban J connectivity index is 1.28. The van der Waals surface area contributed by atoms with E-state index in [4.69, 9.17) is 4.98 Å². The van der Waals surface area contributed by atoms with Gasteiger partial charge in [-0.25, -0.2) is 32.7 Å². The smallest absolute Gasteiger partial charge is 0.242 e. The van der Waals surface area contributed by atoms with Crippen molar-refractivity contribution in [1.29, 1.82) is 0 Å². The number of hydrogen-bond donors (Lipinski definition) is 0. The zero-order valence-corrected chi connectivity index (χ0v) is 24.1. The quantitative estimate of drug-likeness (QED) is 0.352. The molecule has 1 fully saturated rings. The summed E-state index contributed by atoms with van der Waals surface area (Å²) >= 11 is 0. The molecule has 4 heterocycles. The molecule has 0 N–H and O–H groups in total. The molecule has 208 valence electrons. The Labute approximate surface area is 236 Å². The van der Waals surface area contributed by atoms with E-state index in [1.165, 1.54) is 11.9 Å². The minimum Gasteiger partial charge on any atom is -0.351 e. The van der Waals surface area contributed by atoms with Crippen molar-refractivity contribution in [2.45, 2.75) is 37.6 Å². The Kier molecular flexibility index (Phi) is 7.24. The summed E-state index contributed by atoms with van der Waals surface area (Å²) < 4.78 is 28.7. The molecule has 40 heavy (non-hydrogen) atoms. The molecular weight excluding hydrogens is 522 g/mol. The highest BCUT2D eigenvalue weighted by molar-refractivity contribution is 7.89. The van der Waals surface area contributed by atoms with Gasteiger partial charge in [0.1, 0.15) is 18.5 Å². The number of aryl methyl sites for hydroxylation is 1. The Bertz CT molecular complexity index is 1640. The van der Waals surface area contributed by atoms with Crippen molar-refractivity contribution in [3.8, 4) is 11.1 Å². The molecule has 1 saturated heterocycles. The summed E-state index contributed by atoms with van der Waals surface area (Å²) in [7, 11) is 0.253. The molecule has 6 rings (SSSR count). The predicted molar refractivity (Wildman–Crippen MR) is 157 cm³/mol. The topological polar surface area (TPSA) is 95.4 Å². The lowest BCUT2D eigenvalue weighted by molar-refractivity contribution is 0.202. The van der Waals surface area contributed by atoms with Crippen LogP contribution in [0.25, 0.3) is 22.0 Å². The summed E-state index contributed by atoms with van der Waals surface area (Å²) in [4.78, 5) is 22.5. The van der Waals surface area contributed by atoms with Crippen molar-refractivity contribution < 1.29 is 8.42 Å². The normalized spacial score (nSPS) is 16.9. The maximum atomic E-state index is 13.6. The fourth-order valence-electron chi connectivity index (χ4n) is 5.96. The highest BCUT2D eigenvalue weighted by Crippen LogP contribution is 2.34. The molecule has 0 spiro atoms. The Morgan fingerprint density at radius 3 is 2.50 bits per heavy atom. The molecule has 0 bridgehead atoms. The number of aromatic nitrogens is 4. The van der Waals surface area contributed by atoms with Gasteiger partial charge < -0.3 is 9.80 Å². The molecule has 2 aliphatic rings. The number of anilines is 1. The largest absolute Gasteiger partial charge is 0.351 e. The fourth-order valence-corrected chi connectivity index (χ4v) is 7.26. The van der Waals surface area contributed by atoms with Crippen molar-refractivity contribution >= 4 is 26.7 Å². The van der Waals surface area contributed by atoms with Gasteiger partial charge in [-0.1, -0.05) is 6.07 Å². The third-order valence-corrected chi connectivity index (χ3v) is 10.2. The SMILES string of the molecule is Cc1cc(-c2cncnc2)cc2c(N3CCc4ccc(S(=O)(=O)N(C)CC5CCN(C)CC5)cc4C3)ncnc12. The Hall–Kier alpha value is -3.47. The first-order valence-corrected chi connectivity index (χ1v) is 15.3. The van der Waals surface area contributed by atoms with Gasteiger partial charge in [-0.3, -0.25) is 0 Å². The van der Waals surface area contributed by atoms with Gasteiger partial charge in [0.25, 0.3) is 0 Å². The molecule has 4 aromatic rings. The van der Waals surface area contributed by atoms with Crippen LogP contribution in [-0.4, -0.2) is 77.8 Å². The van der Waals surface area contributed by atoms with Crippen molar-refractivity contribution in [3.05, 3.63) is 72.1 Å². The number of benzene rings is 2. The van der Waals surface area contributed by atoms with Crippen LogP contribution in [0, 0.1) is 12.8 Å². The number of hydrogen-bond acceptors (Lipinski definition) is 8. The average molecular weight is 558 g/mol. The van der Waals surface area contributed by atoms with E-state index < -0.39 is 10.0 Å². The Morgan fingerprint density at radius 1 is 0.950 bits per heavy atom. The molecule has 0 unspecified atom stereocenters. The molecule has 0 atom stereocenters. The fraction of sp³-hybridized carbons (Fsp3) is 0.400. The summed E-state index contributed by atoms with van der Waals surface area (Å²) in [5.41, 5.74) is 6.12. The van der Waals surface area contributed by atoms with Crippen molar-refractivity contribution in [2.24, 2.45) is 5.92 Å². The molecule has 2 aromatic carbocycles. The van der Waals surface area contributed by atoms with E-state index in [9.17, 15) is 8.42 Å². The number of rotatable bonds is 6. The van der Waals surface area contributed by atoms with Crippen LogP contribution in [-0.2, 0) is 23.0 Å². The lowest BCUT2D eigenvalue weighted by Crippen LogP contribution is -2.38. The third-order valence-electron chi connectivity index (χ3n) is 8.35. The van der Waals surface area contributed by atoms with Crippen LogP contribution in [0.2, 0.25) is 0 Å². The summed E-state index contributed by atoms with van der Waals surface area (Å²) in [5.74, 6) is 1.25. The van der Waals surface area contributed by atoms with Crippen molar-refractivity contribution in [3.63, 3.8) is 0 Å². The molecular formula is C30H35N7O2S. The van der Waals surface area contributed by atoms with Crippen LogP contribution < -0.4 is 4.90 Å². The van der Waals surface area contributed by atoms with Crippen LogP contribution in [0.5, 0.6) is 0 Å². The molecule has 0 radical (unpaired) electrons. The maximum absolute atomic E-state index is 13.6. The minimum atomic E-state index is -3.58. The second kappa shape index (κ2) is 10.8. The molecule has 0 amide bonds. The summed E-state index contributed by atoms with van der Waals surface area (Å²) in [6.07, 6.45) is 9.63. The first-order chi connectivity index (χ1) is 19.3. The maximum Gasteiger partial charge on any atom is 0.242 e. The summed E-state index contributed by atoms with van der Waals surface area (Å²) in [5, 5.41) is 0.964. The van der Waals surface area contributed by atoms with Gasteiger partial charge in [0.05, 0.1) is 10.4 Å². The lowest BCUT2D eigenvalue weighted by Gasteiger charge is -2.32. The van der Waals surface area contributed by atoms with Crippen LogP contribution in [0.15, 0.2) is 60.3 Å². The third kappa shape index (κ3) is 5.18. The van der Waals surface area contributed by atoms with E-state index in [1.54, 1.807) is 36.1 Å². The molecule has 9 nitrogen and oxygen atoms in total. The summed E-state index contributed by atoms with van der Waals surface area (Å²) in [6.45, 7) is 6.02. The predicted octanol–water partition coefficient (Wildman–Crippen LogP) is 3.92. The van der Waals surface area contributed by atoms with E-state index in [0.29, 0.717) is 23.9 Å². The van der Waals surface area contributed by atoms with Gasteiger partial charge in [0.15, 0.2) is 0 Å². The average Bonchev–Trinajstić information content (AvgIpc) is 2.98. The van der Waals surface area contributed by atoms with Gasteiger partial charge >= 0.3 is 0 Å². The first kappa shape index (κ1) is 26.7. The second-order valence-corrected chi connectivity index (χ2v) is 13.2. The zero-order valence-electron chi connectivity index (χ0n) is 23.3. The monoisotopic (exact) mass is 557 g/mol. The lowest BCUT2D eigenvalue weighted by atomic mass is 9.97. The number of fused-ring (bicyclic) bond motifs is 2. The zero-order chi connectivity index (χ0) is 27.9. The van der Waals surface area contributed by atoms with Gasteiger partial charge in [-0.2, -0.15) is 0 Å². The summed E-state index contributed by atoms with van der Waals surface area (Å²) in [6, 6.07) is 9.82. The van der Waals surface area contributed by atoms with Crippen molar-refractivity contribution in [2.75, 3.05) is 45.2 Å². The van der Waals surface area contributed by atoms with E-state index >= 15 is 0 Å². The minimum absolute atomic E-state index is 0.360. The number of likely N-dealkylation sites (tertiary alicyclic amines) is 1. The second-order valence-electron chi connectivity index (χ2n) is 11.1. The van der Waals surface area contributed by atoms with Gasteiger partial charge in [-0.15, -0.1) is 0 Å². The van der Waals surface area contributed by atoms with Crippen LogP contribution in [0.4, 0.5) is 5.82 Å². The molecule has 0 aliphatic carbocycles. The number of nitrogens with zero attached hydrogens (tertiary/aromatic N) is 7. The van der Waals surface area contributed by atoms with E-state index in [1.807, 2.05) is 12.1 Å². The Morgan fingerprint density at radius 2 is 1.73 bits per heavy atom. The van der Waals surface area contributed by atoms with Gasteiger partial charge in [-0.05, 0) is 98.8 Å². The van der Waals surface area contributed by atoms with Gasteiger partial charge in [0, 0.05) is 50.0 Å². The van der Waals surface area contributed by atoms with Crippen LogP contribution in [0.1, 0.15) is 29.5 Å². The molecule has 2 aliphatic heterocycles. The van der Waals surface area contributed by atoms with E-state index in [-0.39, 0.29) is 0 Å². The number of piperidine rings is 1. The molecule has 2 aromatic heterocycles. The number of sulfonamides is 1.